The first-order valence-electron chi connectivity index (χ1n) is 17.9. The molecule has 3 saturated heterocycles. The Kier molecular flexibility index (Phi) is 9.54. The number of nitrogens with one attached hydrogen (secondary N) is 3. The lowest BCUT2D eigenvalue weighted by molar-refractivity contribution is -0.121. The van der Waals surface area contributed by atoms with Gasteiger partial charge in [0.1, 0.15) is 5.69 Å². The number of rotatable bonds is 11. The monoisotopic (exact) mass is 741 g/mol. The van der Waals surface area contributed by atoms with Crippen molar-refractivity contribution in [3.63, 3.8) is 0 Å². The molecule has 3 fully saturated rings. The van der Waals surface area contributed by atoms with E-state index in [-0.39, 0.29) is 29.4 Å². The molecule has 2 unspecified atom stereocenters. The van der Waals surface area contributed by atoms with Crippen LogP contribution in [0.5, 0.6) is 11.8 Å². The lowest BCUT2D eigenvalue weighted by Crippen LogP contribution is -2.66. The average Bonchev–Trinajstić information content (AvgIpc) is 3.86. The quantitative estimate of drug-likeness (QED) is 0.172. The van der Waals surface area contributed by atoms with Crippen molar-refractivity contribution in [2.45, 2.75) is 69.6 Å². The first-order chi connectivity index (χ1) is 25.2. The van der Waals surface area contributed by atoms with Crippen LogP contribution < -0.4 is 25.4 Å². The summed E-state index contributed by atoms with van der Waals surface area (Å²) in [6.45, 7) is 5.29. The molecule has 13 heteroatoms. The number of hydrogen-bond donors (Lipinski definition) is 3. The van der Waals surface area contributed by atoms with E-state index in [1.54, 1.807) is 13.3 Å². The predicted octanol–water partition coefficient (Wildman–Crippen LogP) is 5.91. The van der Waals surface area contributed by atoms with Gasteiger partial charge >= 0.3 is 0 Å². The molecule has 0 bridgehead atoms. The lowest BCUT2D eigenvalue weighted by Gasteiger charge is -2.47. The van der Waals surface area contributed by atoms with Gasteiger partial charge in [0, 0.05) is 78.9 Å². The summed E-state index contributed by atoms with van der Waals surface area (Å²) < 4.78 is 11.8. The number of likely N-dealkylation sites (tertiary alicyclic amines) is 1. The standard InChI is InChI=1S/C39H41Cl2N7O4/c1-3-52-38-34-22(10-12-28(34)42-17-23-11-13-32(49)44-23)16-29(45-38)26-8-4-6-24(35(26)40)25-7-5-9-27(36(25)41)30-18-43-31(37(46-30)51-2)19-48-20-39(21-48)15-14-33(50)47-39/h4-9,16,18,23,28,42H,3,10-15,17,19-21H2,1-2H3,(H,44,49)(H,47,50). The Hall–Kier alpha value is -4.29. The van der Waals surface area contributed by atoms with E-state index in [9.17, 15) is 9.59 Å². The van der Waals surface area contributed by atoms with Gasteiger partial charge in [-0.3, -0.25) is 19.5 Å². The maximum atomic E-state index is 11.8. The van der Waals surface area contributed by atoms with E-state index in [4.69, 9.17) is 47.6 Å². The van der Waals surface area contributed by atoms with Crippen LogP contribution in [0.1, 0.15) is 61.9 Å². The summed E-state index contributed by atoms with van der Waals surface area (Å²) in [5, 5.41) is 10.8. The second-order valence-corrected chi connectivity index (χ2v) is 14.9. The van der Waals surface area contributed by atoms with Crippen molar-refractivity contribution in [3.05, 3.63) is 75.5 Å². The molecule has 4 aromatic rings. The summed E-state index contributed by atoms with van der Waals surface area (Å²) in [5.41, 5.74) is 7.22. The molecule has 11 nitrogen and oxygen atoms in total. The number of amides is 2. The van der Waals surface area contributed by atoms with E-state index in [0.717, 1.165) is 72.4 Å². The number of carbonyl (C=O) groups is 2. The highest BCUT2D eigenvalue weighted by molar-refractivity contribution is 6.39. The second kappa shape index (κ2) is 14.3. The van der Waals surface area contributed by atoms with Crippen LogP contribution in [0.4, 0.5) is 0 Å². The van der Waals surface area contributed by atoms with Gasteiger partial charge in [-0.05, 0) is 44.2 Å². The molecular formula is C39H41Cl2N7O4. The van der Waals surface area contributed by atoms with Gasteiger partial charge in [0.2, 0.25) is 23.6 Å². The fourth-order valence-corrected chi connectivity index (χ4v) is 8.78. The first-order valence-corrected chi connectivity index (χ1v) is 18.7. The minimum absolute atomic E-state index is 0.0961. The minimum Gasteiger partial charge on any atom is -0.480 e. The normalized spacial score (nSPS) is 20.5. The topological polar surface area (TPSA) is 131 Å². The number of hydrogen-bond acceptors (Lipinski definition) is 9. The van der Waals surface area contributed by atoms with Gasteiger partial charge in [0.25, 0.3) is 0 Å². The van der Waals surface area contributed by atoms with Crippen LogP contribution in [0.15, 0.2) is 48.7 Å². The smallest absolute Gasteiger partial charge is 0.237 e. The van der Waals surface area contributed by atoms with Crippen LogP contribution >= 0.6 is 23.2 Å². The molecule has 3 N–H and O–H groups in total. The number of methoxy groups -OCH3 is 1. The Morgan fingerprint density at radius 1 is 0.923 bits per heavy atom. The number of aromatic nitrogens is 3. The van der Waals surface area contributed by atoms with Gasteiger partial charge in [-0.15, -0.1) is 0 Å². The van der Waals surface area contributed by atoms with Crippen molar-refractivity contribution in [2.75, 3.05) is 33.4 Å². The van der Waals surface area contributed by atoms with Crippen molar-refractivity contribution in [2.24, 2.45) is 0 Å². The number of fused-ring (bicyclic) bond motifs is 1. The molecule has 1 spiro atoms. The van der Waals surface area contributed by atoms with Gasteiger partial charge < -0.3 is 25.4 Å². The predicted molar refractivity (Wildman–Crippen MR) is 199 cm³/mol. The molecule has 5 heterocycles. The summed E-state index contributed by atoms with van der Waals surface area (Å²) in [5.74, 6) is 1.28. The third kappa shape index (κ3) is 6.59. The Labute approximate surface area is 312 Å². The molecule has 52 heavy (non-hydrogen) atoms. The Morgan fingerprint density at radius 2 is 1.63 bits per heavy atom. The summed E-state index contributed by atoms with van der Waals surface area (Å²) in [6.07, 6.45) is 6.41. The molecule has 4 aliphatic rings. The fourth-order valence-electron chi connectivity index (χ4n) is 8.13. The fraction of sp³-hybridized carbons (Fsp3) is 0.410. The van der Waals surface area contributed by atoms with Gasteiger partial charge in [-0.2, -0.15) is 0 Å². The van der Waals surface area contributed by atoms with Crippen LogP contribution in [-0.4, -0.2) is 76.6 Å². The Bertz CT molecular complexity index is 2050. The summed E-state index contributed by atoms with van der Waals surface area (Å²) in [6, 6.07) is 14.0. The maximum absolute atomic E-state index is 11.8. The second-order valence-electron chi connectivity index (χ2n) is 14.1. The maximum Gasteiger partial charge on any atom is 0.237 e. The van der Waals surface area contributed by atoms with Gasteiger partial charge in [0.05, 0.1) is 46.9 Å². The van der Waals surface area contributed by atoms with Crippen molar-refractivity contribution < 1.29 is 19.1 Å². The Balaban J connectivity index is 1.05. The van der Waals surface area contributed by atoms with E-state index >= 15 is 0 Å². The third-order valence-electron chi connectivity index (χ3n) is 10.6. The SMILES string of the molecule is CCOc1nc(-c2cccc(-c3cccc(-c4cnc(CN5CC6(CCC(=O)N6)C5)c(OC)n4)c3Cl)c2Cl)cc2c1C(NCC1CCC(=O)N1)CC2. The van der Waals surface area contributed by atoms with Crippen LogP contribution in [0.3, 0.4) is 0 Å². The lowest BCUT2D eigenvalue weighted by atomic mass is 9.88. The summed E-state index contributed by atoms with van der Waals surface area (Å²) >= 11 is 14.4. The van der Waals surface area contributed by atoms with E-state index in [2.05, 4.69) is 26.9 Å². The highest BCUT2D eigenvalue weighted by Gasteiger charge is 2.47. The number of carbonyl (C=O) groups excluding carboxylic acids is 2. The van der Waals surface area contributed by atoms with Crippen molar-refractivity contribution in [1.29, 1.82) is 0 Å². The summed E-state index contributed by atoms with van der Waals surface area (Å²) in [7, 11) is 1.59. The highest BCUT2D eigenvalue weighted by Crippen LogP contribution is 2.45. The number of benzene rings is 2. The van der Waals surface area contributed by atoms with Gasteiger partial charge in [0.15, 0.2) is 0 Å². The molecule has 0 saturated carbocycles. The molecular weight excluding hydrogens is 701 g/mol. The largest absolute Gasteiger partial charge is 0.480 e. The zero-order valence-corrected chi connectivity index (χ0v) is 30.7. The minimum atomic E-state index is -0.107. The van der Waals surface area contributed by atoms with Crippen LogP contribution in [0.25, 0.3) is 33.6 Å². The zero-order chi connectivity index (χ0) is 36.0. The molecule has 2 atom stereocenters. The number of nitrogens with zero attached hydrogens (tertiary/aromatic N) is 4. The number of ether oxygens (including phenoxy) is 2. The zero-order valence-electron chi connectivity index (χ0n) is 29.2. The van der Waals surface area contributed by atoms with E-state index in [1.165, 1.54) is 5.56 Å². The molecule has 1 aliphatic carbocycles. The molecule has 2 aromatic carbocycles. The number of aryl methyl sites for hydroxylation is 1. The molecule has 2 aromatic heterocycles. The van der Waals surface area contributed by atoms with Crippen LogP contribution in [0, 0.1) is 0 Å². The average molecular weight is 743 g/mol. The first kappa shape index (κ1) is 34.8. The Morgan fingerprint density at radius 3 is 2.29 bits per heavy atom. The molecule has 0 radical (unpaired) electrons. The van der Waals surface area contributed by atoms with Crippen molar-refractivity contribution in [1.82, 2.24) is 35.8 Å². The van der Waals surface area contributed by atoms with Gasteiger partial charge in [-0.25, -0.2) is 9.97 Å². The number of pyridine rings is 1. The van der Waals surface area contributed by atoms with Crippen molar-refractivity contribution in [3.8, 4) is 45.4 Å². The highest BCUT2D eigenvalue weighted by atomic mass is 35.5. The van der Waals surface area contributed by atoms with E-state index in [1.807, 2.05) is 43.3 Å². The van der Waals surface area contributed by atoms with Crippen molar-refractivity contribution >= 4 is 35.0 Å². The van der Waals surface area contributed by atoms with Gasteiger partial charge in [-0.1, -0.05) is 59.6 Å². The summed E-state index contributed by atoms with van der Waals surface area (Å²) in [4.78, 5) is 40.3. The van der Waals surface area contributed by atoms with E-state index in [0.29, 0.717) is 65.6 Å². The van der Waals surface area contributed by atoms with Crippen LogP contribution in [-0.2, 0) is 22.6 Å². The molecule has 270 valence electrons. The van der Waals surface area contributed by atoms with Crippen LogP contribution in [0.2, 0.25) is 10.0 Å². The number of halogens is 2. The molecule has 3 aliphatic heterocycles. The van der Waals surface area contributed by atoms with E-state index < -0.39 is 0 Å². The third-order valence-corrected chi connectivity index (χ3v) is 11.5. The molecule has 2 amide bonds. The molecule has 8 rings (SSSR count).